The Labute approximate surface area is 162 Å². The zero-order valence-corrected chi connectivity index (χ0v) is 16.1. The van der Waals surface area contributed by atoms with Crippen molar-refractivity contribution < 1.29 is 22.7 Å². The number of piperazine rings is 1. The monoisotopic (exact) mass is 404 g/mol. The molecule has 0 bridgehead atoms. The second-order valence-electron chi connectivity index (χ2n) is 6.26. The number of rotatable bonds is 5. The van der Waals surface area contributed by atoms with E-state index >= 15 is 0 Å². The molecule has 1 aliphatic rings. The molecule has 2 aromatic rings. The summed E-state index contributed by atoms with van der Waals surface area (Å²) in [6.45, 7) is 1.60. The lowest BCUT2D eigenvalue weighted by molar-refractivity contribution is -0.134. The van der Waals surface area contributed by atoms with Gasteiger partial charge in [-0.05, 0) is 18.2 Å². The number of benzene rings is 1. The number of aromatic nitrogens is 2. The van der Waals surface area contributed by atoms with Crippen molar-refractivity contribution in [2.45, 2.75) is 4.90 Å². The third-order valence-corrected chi connectivity index (χ3v) is 5.46. The van der Waals surface area contributed by atoms with Gasteiger partial charge < -0.3 is 14.5 Å². The highest BCUT2D eigenvalue weighted by Gasteiger charge is 2.24. The fourth-order valence-corrected chi connectivity index (χ4v) is 3.74. The van der Waals surface area contributed by atoms with Gasteiger partial charge in [0.15, 0.2) is 16.4 Å². The Morgan fingerprint density at radius 2 is 1.68 bits per heavy atom. The second-order valence-corrected chi connectivity index (χ2v) is 8.25. The number of carbonyl (C=O) groups is 2. The summed E-state index contributed by atoms with van der Waals surface area (Å²) >= 11 is 0. The minimum atomic E-state index is -3.58. The van der Waals surface area contributed by atoms with Crippen molar-refractivity contribution >= 4 is 27.7 Å². The predicted octanol–water partition coefficient (Wildman–Crippen LogP) is 0.386. The third-order valence-electron chi connectivity index (χ3n) is 4.30. The molecule has 2 heterocycles. The van der Waals surface area contributed by atoms with Crippen LogP contribution in [-0.2, 0) is 19.4 Å². The van der Waals surface area contributed by atoms with E-state index < -0.39 is 22.4 Å². The van der Waals surface area contributed by atoms with Gasteiger partial charge in [-0.2, -0.15) is 0 Å². The number of esters is 1. The van der Waals surface area contributed by atoms with E-state index in [4.69, 9.17) is 4.74 Å². The molecule has 1 aromatic heterocycles. The van der Waals surface area contributed by atoms with E-state index in [1.165, 1.54) is 24.3 Å². The largest absolute Gasteiger partial charge is 0.452 e. The molecule has 148 valence electrons. The van der Waals surface area contributed by atoms with Crippen molar-refractivity contribution in [3.05, 3.63) is 48.3 Å². The van der Waals surface area contributed by atoms with E-state index in [9.17, 15) is 18.0 Å². The van der Waals surface area contributed by atoms with Gasteiger partial charge in [0.2, 0.25) is 5.95 Å². The quantitative estimate of drug-likeness (QED) is 0.658. The first-order valence-corrected chi connectivity index (χ1v) is 10.5. The van der Waals surface area contributed by atoms with Crippen molar-refractivity contribution in [2.75, 3.05) is 43.9 Å². The van der Waals surface area contributed by atoms with E-state index in [0.29, 0.717) is 32.1 Å². The molecular weight excluding hydrogens is 384 g/mol. The van der Waals surface area contributed by atoms with Crippen LogP contribution in [0.3, 0.4) is 0 Å². The molecule has 0 radical (unpaired) electrons. The molecule has 9 nitrogen and oxygen atoms in total. The Hall–Kier alpha value is -3.01. The van der Waals surface area contributed by atoms with Crippen LogP contribution in [0.15, 0.2) is 47.6 Å². The molecule has 1 saturated heterocycles. The lowest BCUT2D eigenvalue weighted by Crippen LogP contribution is -2.50. The zero-order chi connectivity index (χ0) is 20.1. The van der Waals surface area contributed by atoms with Crippen LogP contribution in [0.2, 0.25) is 0 Å². The number of hydrogen-bond acceptors (Lipinski definition) is 8. The van der Waals surface area contributed by atoms with E-state index in [0.717, 1.165) is 6.26 Å². The standard InChI is InChI=1S/C18H20N4O5S/c1-28(25,26)15-6-3-2-5-14(15)17(24)27-13-16(23)21-9-11-22(12-10-21)18-19-7-4-8-20-18/h2-8H,9-13H2,1H3. The summed E-state index contributed by atoms with van der Waals surface area (Å²) in [4.78, 5) is 36.4. The van der Waals surface area contributed by atoms with Gasteiger partial charge in [0.05, 0.1) is 10.5 Å². The Morgan fingerprint density at radius 1 is 1.04 bits per heavy atom. The molecule has 1 fully saturated rings. The third kappa shape index (κ3) is 4.63. The molecule has 0 atom stereocenters. The van der Waals surface area contributed by atoms with Crippen molar-refractivity contribution in [3.8, 4) is 0 Å². The number of hydrogen-bond donors (Lipinski definition) is 0. The fraction of sp³-hybridized carbons (Fsp3) is 0.333. The van der Waals surface area contributed by atoms with Gasteiger partial charge in [0.1, 0.15) is 0 Å². The first-order chi connectivity index (χ1) is 13.4. The smallest absolute Gasteiger partial charge is 0.339 e. The van der Waals surface area contributed by atoms with Crippen LogP contribution in [0.4, 0.5) is 5.95 Å². The fourth-order valence-electron chi connectivity index (χ4n) is 2.87. The Morgan fingerprint density at radius 3 is 2.32 bits per heavy atom. The summed E-state index contributed by atoms with van der Waals surface area (Å²) < 4.78 is 28.6. The van der Waals surface area contributed by atoms with E-state index in [2.05, 4.69) is 9.97 Å². The molecule has 0 unspecified atom stereocenters. The number of anilines is 1. The minimum Gasteiger partial charge on any atom is -0.452 e. The molecule has 1 aromatic carbocycles. The maximum atomic E-state index is 12.3. The van der Waals surface area contributed by atoms with Gasteiger partial charge in [-0.25, -0.2) is 23.2 Å². The molecule has 0 aliphatic carbocycles. The van der Waals surface area contributed by atoms with Gasteiger partial charge in [-0.1, -0.05) is 12.1 Å². The highest BCUT2D eigenvalue weighted by molar-refractivity contribution is 7.90. The number of amides is 1. The maximum Gasteiger partial charge on any atom is 0.339 e. The van der Waals surface area contributed by atoms with Gasteiger partial charge >= 0.3 is 5.97 Å². The average Bonchev–Trinajstić information content (AvgIpc) is 2.72. The van der Waals surface area contributed by atoms with Crippen molar-refractivity contribution in [2.24, 2.45) is 0 Å². The van der Waals surface area contributed by atoms with Crippen LogP contribution in [0.1, 0.15) is 10.4 Å². The number of ether oxygens (including phenoxy) is 1. The minimum absolute atomic E-state index is 0.0798. The van der Waals surface area contributed by atoms with E-state index in [1.54, 1.807) is 23.4 Å². The molecule has 0 N–H and O–H groups in total. The first kappa shape index (κ1) is 19.7. The molecular formula is C18H20N4O5S. The lowest BCUT2D eigenvalue weighted by atomic mass is 10.2. The number of carbonyl (C=O) groups excluding carboxylic acids is 2. The molecule has 1 amide bonds. The lowest BCUT2D eigenvalue weighted by Gasteiger charge is -2.34. The van der Waals surface area contributed by atoms with Crippen molar-refractivity contribution in [3.63, 3.8) is 0 Å². The highest BCUT2D eigenvalue weighted by Crippen LogP contribution is 2.16. The van der Waals surface area contributed by atoms with Crippen LogP contribution in [0.5, 0.6) is 0 Å². The Kier molecular flexibility index (Phi) is 5.88. The number of nitrogens with zero attached hydrogens (tertiary/aromatic N) is 4. The van der Waals surface area contributed by atoms with Crippen LogP contribution >= 0.6 is 0 Å². The van der Waals surface area contributed by atoms with Crippen LogP contribution in [0.25, 0.3) is 0 Å². The van der Waals surface area contributed by atoms with Gasteiger partial charge in [0, 0.05) is 44.8 Å². The molecule has 1 aliphatic heterocycles. The Balaban J connectivity index is 1.55. The van der Waals surface area contributed by atoms with Gasteiger partial charge in [-0.3, -0.25) is 4.79 Å². The normalized spacial score (nSPS) is 14.6. The van der Waals surface area contributed by atoms with E-state index in [1.807, 2.05) is 4.90 Å². The van der Waals surface area contributed by atoms with Crippen LogP contribution in [-0.4, -0.2) is 74.2 Å². The molecule has 28 heavy (non-hydrogen) atoms. The first-order valence-electron chi connectivity index (χ1n) is 8.62. The van der Waals surface area contributed by atoms with Crippen molar-refractivity contribution in [1.29, 1.82) is 0 Å². The topological polar surface area (TPSA) is 110 Å². The summed E-state index contributed by atoms with van der Waals surface area (Å²) in [5.74, 6) is -0.567. The SMILES string of the molecule is CS(=O)(=O)c1ccccc1C(=O)OCC(=O)N1CCN(c2ncccn2)CC1. The summed E-state index contributed by atoms with van der Waals surface area (Å²) in [6.07, 6.45) is 4.33. The predicted molar refractivity (Wildman–Crippen MR) is 101 cm³/mol. The summed E-state index contributed by atoms with van der Waals surface area (Å²) in [6, 6.07) is 7.49. The zero-order valence-electron chi connectivity index (χ0n) is 15.3. The number of sulfone groups is 1. The molecule has 0 spiro atoms. The summed E-state index contributed by atoms with van der Waals surface area (Å²) in [5, 5.41) is 0. The summed E-state index contributed by atoms with van der Waals surface area (Å²) in [5.41, 5.74) is -0.0798. The molecule has 0 saturated carbocycles. The average molecular weight is 404 g/mol. The molecule has 3 rings (SSSR count). The highest BCUT2D eigenvalue weighted by atomic mass is 32.2. The van der Waals surface area contributed by atoms with Gasteiger partial charge in [-0.15, -0.1) is 0 Å². The van der Waals surface area contributed by atoms with Crippen molar-refractivity contribution in [1.82, 2.24) is 14.9 Å². The van der Waals surface area contributed by atoms with E-state index in [-0.39, 0.29) is 16.4 Å². The van der Waals surface area contributed by atoms with Crippen LogP contribution in [0, 0.1) is 0 Å². The molecule has 10 heteroatoms. The Bertz CT molecular complexity index is 957. The second kappa shape index (κ2) is 8.34. The summed E-state index contributed by atoms with van der Waals surface area (Å²) in [7, 11) is -3.58. The van der Waals surface area contributed by atoms with Crippen LogP contribution < -0.4 is 4.90 Å². The van der Waals surface area contributed by atoms with Gasteiger partial charge in [0.25, 0.3) is 5.91 Å². The maximum absolute atomic E-state index is 12.3.